The lowest BCUT2D eigenvalue weighted by Gasteiger charge is -2.19. The molecule has 1 fully saturated rings. The van der Waals surface area contributed by atoms with Crippen LogP contribution in [0.15, 0.2) is 0 Å². The van der Waals surface area contributed by atoms with Gasteiger partial charge in [-0.15, -0.1) is 0 Å². The minimum atomic E-state index is -1.08. The summed E-state index contributed by atoms with van der Waals surface area (Å²) in [5.41, 5.74) is 0. The molecule has 74 valence electrons. The molecule has 0 aromatic rings. The zero-order valence-corrected chi connectivity index (χ0v) is 7.78. The minimum Gasteiger partial charge on any atom is -0.480 e. The average molecular weight is 205 g/mol. The van der Waals surface area contributed by atoms with E-state index in [4.69, 9.17) is 5.11 Å². The Hall–Kier alpha value is -0.750. The number of rotatable bonds is 2. The van der Waals surface area contributed by atoms with Gasteiger partial charge in [0.25, 0.3) is 0 Å². The number of β-amino-alcohol motifs (C(OH)–C–C–N with tert-alkyl or cyclic N) is 1. The van der Waals surface area contributed by atoms with Gasteiger partial charge < -0.3 is 15.1 Å². The maximum absolute atomic E-state index is 11.1. The predicted molar refractivity (Wildman–Crippen MR) is 47.6 cm³/mol. The Morgan fingerprint density at radius 3 is 2.62 bits per heavy atom. The van der Waals surface area contributed by atoms with Crippen LogP contribution in [-0.2, 0) is 9.59 Å². The van der Waals surface area contributed by atoms with Gasteiger partial charge in [-0.1, -0.05) is 0 Å². The first-order valence-electron chi connectivity index (χ1n) is 3.87. The number of likely N-dealkylation sites (tertiary alicyclic amines) is 1. The van der Waals surface area contributed by atoms with Crippen LogP contribution in [0.4, 0.5) is 0 Å². The van der Waals surface area contributed by atoms with Gasteiger partial charge in [-0.05, 0) is 0 Å². The number of amides is 1. The van der Waals surface area contributed by atoms with E-state index in [0.717, 1.165) is 4.90 Å². The Balaban J connectivity index is 2.71. The van der Waals surface area contributed by atoms with Gasteiger partial charge in [0.1, 0.15) is 6.04 Å². The molecular formula is C7H11NO4S. The number of carboxylic acids is 1. The van der Waals surface area contributed by atoms with Gasteiger partial charge in [0.05, 0.1) is 11.9 Å². The SMILES string of the molecule is O=C(O)[C@@H]1CC(O)CN1C(=O)CS. The maximum Gasteiger partial charge on any atom is 0.326 e. The molecule has 1 aliphatic rings. The van der Waals surface area contributed by atoms with E-state index in [1.54, 1.807) is 0 Å². The van der Waals surface area contributed by atoms with Gasteiger partial charge in [0.15, 0.2) is 0 Å². The lowest BCUT2D eigenvalue weighted by molar-refractivity contribution is -0.147. The van der Waals surface area contributed by atoms with Gasteiger partial charge in [-0.3, -0.25) is 4.79 Å². The van der Waals surface area contributed by atoms with Crippen molar-refractivity contribution in [3.05, 3.63) is 0 Å². The van der Waals surface area contributed by atoms with Crippen LogP contribution in [-0.4, -0.2) is 51.4 Å². The number of hydrogen-bond donors (Lipinski definition) is 3. The van der Waals surface area contributed by atoms with Gasteiger partial charge in [0, 0.05) is 13.0 Å². The number of aliphatic carboxylic acids is 1. The molecule has 0 spiro atoms. The fraction of sp³-hybridized carbons (Fsp3) is 0.714. The van der Waals surface area contributed by atoms with Crippen molar-refractivity contribution < 1.29 is 19.8 Å². The summed E-state index contributed by atoms with van der Waals surface area (Å²) < 4.78 is 0. The quantitative estimate of drug-likeness (QED) is 0.503. The van der Waals surface area contributed by atoms with Crippen molar-refractivity contribution in [3.8, 4) is 0 Å². The molecule has 1 heterocycles. The van der Waals surface area contributed by atoms with Crippen LogP contribution in [0.25, 0.3) is 0 Å². The van der Waals surface area contributed by atoms with Crippen molar-refractivity contribution in [1.82, 2.24) is 4.90 Å². The van der Waals surface area contributed by atoms with Crippen molar-refractivity contribution in [3.63, 3.8) is 0 Å². The molecule has 2 N–H and O–H groups in total. The molecule has 1 amide bonds. The van der Waals surface area contributed by atoms with E-state index in [2.05, 4.69) is 12.6 Å². The third-order valence-electron chi connectivity index (χ3n) is 2.02. The summed E-state index contributed by atoms with van der Waals surface area (Å²) in [5.74, 6) is -1.46. The average Bonchev–Trinajstić information content (AvgIpc) is 2.46. The van der Waals surface area contributed by atoms with Crippen molar-refractivity contribution >= 4 is 24.5 Å². The zero-order valence-electron chi connectivity index (χ0n) is 6.88. The standard InChI is InChI=1S/C7H11NO4S/c9-4-1-5(7(11)12)8(2-4)6(10)3-13/h4-5,9,13H,1-3H2,(H,11,12)/t4?,5-/m0/s1. The summed E-state index contributed by atoms with van der Waals surface area (Å²) in [6.07, 6.45) is -0.626. The third kappa shape index (κ3) is 2.13. The normalized spacial score (nSPS) is 27.7. The zero-order chi connectivity index (χ0) is 10.0. The van der Waals surface area contributed by atoms with Crippen LogP contribution >= 0.6 is 12.6 Å². The monoisotopic (exact) mass is 205 g/mol. The summed E-state index contributed by atoms with van der Waals surface area (Å²) in [5, 5.41) is 17.9. The van der Waals surface area contributed by atoms with E-state index in [-0.39, 0.29) is 24.6 Å². The Morgan fingerprint density at radius 2 is 2.15 bits per heavy atom. The summed E-state index contributed by atoms with van der Waals surface area (Å²) in [4.78, 5) is 23.0. The van der Waals surface area contributed by atoms with Gasteiger partial charge in [0.2, 0.25) is 5.91 Å². The van der Waals surface area contributed by atoms with Crippen LogP contribution < -0.4 is 0 Å². The molecule has 0 radical (unpaired) electrons. The predicted octanol–water partition coefficient (Wildman–Crippen LogP) is -1.04. The molecule has 5 nitrogen and oxygen atoms in total. The van der Waals surface area contributed by atoms with Gasteiger partial charge >= 0.3 is 5.97 Å². The summed E-state index contributed by atoms with van der Waals surface area (Å²) in [6.45, 7) is 0.0936. The molecule has 6 heteroatoms. The number of nitrogens with zero attached hydrogens (tertiary/aromatic N) is 1. The molecule has 1 unspecified atom stereocenters. The second-order valence-electron chi connectivity index (χ2n) is 2.95. The molecule has 13 heavy (non-hydrogen) atoms. The molecule has 0 aliphatic carbocycles. The fourth-order valence-electron chi connectivity index (χ4n) is 1.41. The van der Waals surface area contributed by atoms with E-state index in [0.29, 0.717) is 0 Å². The highest BCUT2D eigenvalue weighted by Gasteiger charge is 2.38. The van der Waals surface area contributed by atoms with E-state index >= 15 is 0 Å². The first-order valence-corrected chi connectivity index (χ1v) is 4.50. The Labute approximate surface area is 80.7 Å². The van der Waals surface area contributed by atoms with E-state index in [9.17, 15) is 14.7 Å². The van der Waals surface area contributed by atoms with Crippen LogP contribution in [0.3, 0.4) is 0 Å². The smallest absolute Gasteiger partial charge is 0.326 e. The highest BCUT2D eigenvalue weighted by molar-refractivity contribution is 7.81. The highest BCUT2D eigenvalue weighted by Crippen LogP contribution is 2.18. The number of thiol groups is 1. The maximum atomic E-state index is 11.1. The fourth-order valence-corrected chi connectivity index (χ4v) is 1.60. The number of carbonyl (C=O) groups excluding carboxylic acids is 1. The first kappa shape index (κ1) is 10.3. The van der Waals surface area contributed by atoms with E-state index in [1.807, 2.05) is 0 Å². The van der Waals surface area contributed by atoms with Crippen molar-refractivity contribution in [1.29, 1.82) is 0 Å². The third-order valence-corrected chi connectivity index (χ3v) is 2.29. The summed E-state index contributed by atoms with van der Waals surface area (Å²) in [6, 6.07) is -0.894. The van der Waals surface area contributed by atoms with Crippen LogP contribution in [0, 0.1) is 0 Å². The van der Waals surface area contributed by atoms with Crippen LogP contribution in [0.5, 0.6) is 0 Å². The van der Waals surface area contributed by atoms with Crippen LogP contribution in [0.1, 0.15) is 6.42 Å². The number of aliphatic hydroxyl groups is 1. The molecular weight excluding hydrogens is 194 g/mol. The van der Waals surface area contributed by atoms with Crippen molar-refractivity contribution in [2.75, 3.05) is 12.3 Å². The lowest BCUT2D eigenvalue weighted by atomic mass is 10.2. The second kappa shape index (κ2) is 3.97. The largest absolute Gasteiger partial charge is 0.480 e. The number of carboxylic acid groups (broad SMARTS) is 1. The first-order chi connectivity index (χ1) is 6.06. The van der Waals surface area contributed by atoms with Crippen LogP contribution in [0.2, 0.25) is 0 Å². The molecule has 1 aliphatic heterocycles. The Bertz CT molecular complexity index is 233. The topological polar surface area (TPSA) is 77.8 Å². The Morgan fingerprint density at radius 1 is 1.54 bits per heavy atom. The van der Waals surface area contributed by atoms with Gasteiger partial charge in [-0.2, -0.15) is 12.6 Å². The summed E-state index contributed by atoms with van der Waals surface area (Å²) >= 11 is 3.76. The summed E-state index contributed by atoms with van der Waals surface area (Å²) in [7, 11) is 0. The minimum absolute atomic E-state index is 0.0313. The molecule has 1 rings (SSSR count). The van der Waals surface area contributed by atoms with Gasteiger partial charge in [-0.25, -0.2) is 4.79 Å². The molecule has 0 aromatic heterocycles. The molecule has 0 aromatic carbocycles. The molecule has 0 saturated carbocycles. The van der Waals surface area contributed by atoms with Crippen molar-refractivity contribution in [2.24, 2.45) is 0 Å². The number of aliphatic hydroxyl groups excluding tert-OH is 1. The van der Waals surface area contributed by atoms with E-state index in [1.165, 1.54) is 0 Å². The Kier molecular flexibility index (Phi) is 3.16. The molecule has 2 atom stereocenters. The number of hydrogen-bond acceptors (Lipinski definition) is 4. The lowest BCUT2D eigenvalue weighted by Crippen LogP contribution is -2.41. The number of carbonyl (C=O) groups is 2. The highest BCUT2D eigenvalue weighted by atomic mass is 32.1. The second-order valence-corrected chi connectivity index (χ2v) is 3.26. The molecule has 0 bridgehead atoms. The van der Waals surface area contributed by atoms with Crippen molar-refractivity contribution in [2.45, 2.75) is 18.6 Å². The molecule has 1 saturated heterocycles. The van der Waals surface area contributed by atoms with E-state index < -0.39 is 18.1 Å².